The van der Waals surface area contributed by atoms with Gasteiger partial charge in [0.15, 0.2) is 0 Å². The zero-order valence-electron chi connectivity index (χ0n) is 9.12. The second-order valence-electron chi connectivity index (χ2n) is 3.10. The molecule has 88 valence electrons. The Hall–Kier alpha value is -0.880. The average molecular weight is 305 g/mol. The van der Waals surface area contributed by atoms with Crippen molar-refractivity contribution in [1.29, 1.82) is 0 Å². The first-order valence-electron chi connectivity index (χ1n) is 4.83. The summed E-state index contributed by atoms with van der Waals surface area (Å²) in [5, 5.41) is 2.50. The molecule has 0 radical (unpaired) electrons. The van der Waals surface area contributed by atoms with Crippen LogP contribution in [0.4, 0.5) is 0 Å². The Morgan fingerprint density at radius 2 is 2.19 bits per heavy atom. The molecule has 0 aromatic carbocycles. The molecule has 6 heteroatoms. The molecule has 16 heavy (non-hydrogen) atoms. The molecule has 0 saturated heterocycles. The maximum Gasteiger partial charge on any atom is 0.264 e. The largest absolute Gasteiger partial charge is 0.358 e. The van der Waals surface area contributed by atoms with E-state index < -0.39 is 0 Å². The van der Waals surface area contributed by atoms with Gasteiger partial charge in [0.05, 0.1) is 15.2 Å². The van der Waals surface area contributed by atoms with Crippen molar-refractivity contribution in [2.24, 2.45) is 0 Å². The molecule has 1 N–H and O–H groups in total. The Kier molecular flexibility index (Phi) is 4.95. The highest BCUT2D eigenvalue weighted by Gasteiger charge is 2.18. The maximum atomic E-state index is 12.0. The number of amides is 2. The zero-order valence-corrected chi connectivity index (χ0v) is 11.5. The molecule has 2 amide bonds. The van der Waals surface area contributed by atoms with Gasteiger partial charge in [0, 0.05) is 13.6 Å². The number of carbonyl (C=O) groups is 2. The van der Waals surface area contributed by atoms with Crippen LogP contribution >= 0.6 is 27.3 Å². The van der Waals surface area contributed by atoms with Crippen molar-refractivity contribution in [3.05, 3.63) is 20.8 Å². The SMILES string of the molecule is CCN(CC(=O)NC)C(=O)c1ccc(Br)s1. The molecule has 0 bridgehead atoms. The minimum atomic E-state index is -0.161. The Morgan fingerprint density at radius 1 is 1.50 bits per heavy atom. The van der Waals surface area contributed by atoms with E-state index in [2.05, 4.69) is 21.2 Å². The molecule has 0 aliphatic carbocycles. The molecule has 1 aromatic rings. The Balaban J connectivity index is 2.73. The highest BCUT2D eigenvalue weighted by molar-refractivity contribution is 9.11. The van der Waals surface area contributed by atoms with Crippen LogP contribution in [0, 0.1) is 0 Å². The van der Waals surface area contributed by atoms with E-state index in [0.29, 0.717) is 11.4 Å². The van der Waals surface area contributed by atoms with E-state index in [4.69, 9.17) is 0 Å². The molecule has 0 fully saturated rings. The fourth-order valence-corrected chi connectivity index (χ4v) is 2.52. The van der Waals surface area contributed by atoms with Crippen LogP contribution in [0.3, 0.4) is 0 Å². The average Bonchev–Trinajstić information content (AvgIpc) is 2.71. The highest BCUT2D eigenvalue weighted by atomic mass is 79.9. The van der Waals surface area contributed by atoms with Crippen LogP contribution in [-0.2, 0) is 4.79 Å². The first-order chi connectivity index (χ1) is 7.58. The Morgan fingerprint density at radius 3 is 2.62 bits per heavy atom. The van der Waals surface area contributed by atoms with Crippen LogP contribution < -0.4 is 5.32 Å². The third-order valence-corrected chi connectivity index (χ3v) is 3.68. The number of hydrogen-bond donors (Lipinski definition) is 1. The predicted octanol–water partition coefficient (Wildman–Crippen LogP) is 1.72. The van der Waals surface area contributed by atoms with Gasteiger partial charge in [-0.2, -0.15) is 0 Å². The summed E-state index contributed by atoms with van der Waals surface area (Å²) >= 11 is 4.67. The maximum absolute atomic E-state index is 12.0. The summed E-state index contributed by atoms with van der Waals surface area (Å²) < 4.78 is 0.909. The van der Waals surface area contributed by atoms with Crippen molar-refractivity contribution >= 4 is 39.1 Å². The molecule has 0 spiro atoms. The Labute approximate surface area is 107 Å². The number of nitrogens with one attached hydrogen (secondary N) is 1. The molecule has 0 unspecified atom stereocenters. The van der Waals surface area contributed by atoms with E-state index in [1.54, 1.807) is 13.1 Å². The molecule has 0 atom stereocenters. The Bertz CT molecular complexity index is 392. The zero-order chi connectivity index (χ0) is 12.1. The van der Waals surface area contributed by atoms with Gasteiger partial charge >= 0.3 is 0 Å². The number of hydrogen-bond acceptors (Lipinski definition) is 3. The van der Waals surface area contributed by atoms with E-state index in [0.717, 1.165) is 3.79 Å². The van der Waals surface area contributed by atoms with Gasteiger partial charge in [-0.25, -0.2) is 0 Å². The second-order valence-corrected chi connectivity index (χ2v) is 5.56. The standard InChI is InChI=1S/C10H13BrN2O2S/c1-3-13(6-9(14)12-2)10(15)7-4-5-8(11)16-7/h4-5H,3,6H2,1-2H3,(H,12,14). The van der Waals surface area contributed by atoms with Crippen LogP contribution in [0.15, 0.2) is 15.9 Å². The summed E-state index contributed by atoms with van der Waals surface area (Å²) in [4.78, 5) is 25.3. The quantitative estimate of drug-likeness (QED) is 0.921. The molecule has 0 saturated carbocycles. The van der Waals surface area contributed by atoms with Gasteiger partial charge in [0.25, 0.3) is 5.91 Å². The second kappa shape index (κ2) is 6.00. The number of thiophene rings is 1. The van der Waals surface area contributed by atoms with Gasteiger partial charge in [0.2, 0.25) is 5.91 Å². The van der Waals surface area contributed by atoms with Crippen molar-refractivity contribution in [2.45, 2.75) is 6.92 Å². The van der Waals surface area contributed by atoms with E-state index in [9.17, 15) is 9.59 Å². The third-order valence-electron chi connectivity index (χ3n) is 2.07. The van der Waals surface area contributed by atoms with Crippen molar-refractivity contribution in [2.75, 3.05) is 20.1 Å². The highest BCUT2D eigenvalue weighted by Crippen LogP contribution is 2.23. The molecule has 1 aromatic heterocycles. The molecule has 0 aliphatic heterocycles. The van der Waals surface area contributed by atoms with Crippen molar-refractivity contribution in [1.82, 2.24) is 10.2 Å². The van der Waals surface area contributed by atoms with E-state index in [1.165, 1.54) is 16.2 Å². The van der Waals surface area contributed by atoms with E-state index in [-0.39, 0.29) is 18.4 Å². The van der Waals surface area contributed by atoms with Crippen LogP contribution in [-0.4, -0.2) is 36.9 Å². The van der Waals surface area contributed by atoms with Gasteiger partial charge in [-0.3, -0.25) is 9.59 Å². The van der Waals surface area contributed by atoms with Crippen molar-refractivity contribution in [3.63, 3.8) is 0 Å². The summed E-state index contributed by atoms with van der Waals surface area (Å²) in [5.41, 5.74) is 0. The van der Waals surface area contributed by atoms with Crippen molar-refractivity contribution in [3.8, 4) is 0 Å². The lowest BCUT2D eigenvalue weighted by molar-refractivity contribution is -0.121. The first-order valence-corrected chi connectivity index (χ1v) is 6.44. The summed E-state index contributed by atoms with van der Waals surface area (Å²) in [6.45, 7) is 2.46. The van der Waals surface area contributed by atoms with Gasteiger partial charge in [-0.05, 0) is 35.0 Å². The fraction of sp³-hybridized carbons (Fsp3) is 0.400. The monoisotopic (exact) mass is 304 g/mol. The van der Waals surface area contributed by atoms with E-state index in [1.807, 2.05) is 13.0 Å². The number of carbonyl (C=O) groups excluding carboxylic acids is 2. The first kappa shape index (κ1) is 13.2. The smallest absolute Gasteiger partial charge is 0.264 e. The molecule has 1 rings (SSSR count). The minimum absolute atomic E-state index is 0.0986. The predicted molar refractivity (Wildman–Crippen MR) is 67.7 cm³/mol. The summed E-state index contributed by atoms with van der Waals surface area (Å²) in [6, 6.07) is 3.58. The molecule has 0 aliphatic rings. The molecule has 1 heterocycles. The normalized spacial score (nSPS) is 9.94. The van der Waals surface area contributed by atoms with Gasteiger partial charge in [0.1, 0.15) is 0 Å². The summed E-state index contributed by atoms with van der Waals surface area (Å²) in [6.07, 6.45) is 0. The van der Waals surface area contributed by atoms with Crippen LogP contribution in [0.2, 0.25) is 0 Å². The fourth-order valence-electron chi connectivity index (χ4n) is 1.16. The molecular formula is C10H13BrN2O2S. The summed E-state index contributed by atoms with van der Waals surface area (Å²) in [7, 11) is 1.56. The topological polar surface area (TPSA) is 49.4 Å². The third kappa shape index (κ3) is 3.31. The lowest BCUT2D eigenvalue weighted by Crippen LogP contribution is -2.39. The van der Waals surface area contributed by atoms with E-state index >= 15 is 0 Å². The number of likely N-dealkylation sites (N-methyl/N-ethyl adjacent to an activating group) is 2. The minimum Gasteiger partial charge on any atom is -0.358 e. The van der Waals surface area contributed by atoms with Crippen LogP contribution in [0.25, 0.3) is 0 Å². The van der Waals surface area contributed by atoms with Crippen LogP contribution in [0.1, 0.15) is 16.6 Å². The number of halogens is 1. The molecule has 4 nitrogen and oxygen atoms in total. The summed E-state index contributed by atoms with van der Waals surface area (Å²) in [5.74, 6) is -0.271. The molecular weight excluding hydrogens is 292 g/mol. The lowest BCUT2D eigenvalue weighted by Gasteiger charge is -2.18. The number of rotatable bonds is 4. The number of nitrogens with zero attached hydrogens (tertiary/aromatic N) is 1. The van der Waals surface area contributed by atoms with Gasteiger partial charge < -0.3 is 10.2 Å². The lowest BCUT2D eigenvalue weighted by atomic mass is 10.3. The van der Waals surface area contributed by atoms with Gasteiger partial charge in [-0.1, -0.05) is 0 Å². The van der Waals surface area contributed by atoms with Crippen LogP contribution in [0.5, 0.6) is 0 Å². The van der Waals surface area contributed by atoms with Crippen molar-refractivity contribution < 1.29 is 9.59 Å². The van der Waals surface area contributed by atoms with Gasteiger partial charge in [-0.15, -0.1) is 11.3 Å².